The van der Waals surface area contributed by atoms with Crippen LogP contribution in [0.4, 0.5) is 0 Å². The number of aryl methyl sites for hydroxylation is 4. The summed E-state index contributed by atoms with van der Waals surface area (Å²) in [6, 6.07) is 19.4. The minimum absolute atomic E-state index is 0. The number of fused-ring (bicyclic) bond motifs is 8. The van der Waals surface area contributed by atoms with Crippen LogP contribution in [-0.4, -0.2) is 44.7 Å². The van der Waals surface area contributed by atoms with Crippen LogP contribution in [0.2, 0.25) is 0 Å². The molecule has 468 valence electrons. The molecule has 4 aromatic carbocycles. The van der Waals surface area contributed by atoms with Crippen LogP contribution in [0.5, 0.6) is 23.0 Å². The zero-order valence-electron chi connectivity index (χ0n) is 52.7. The zero-order valence-corrected chi connectivity index (χ0v) is 55.7. The SMILES string of the molecule is CCCCCCCCOc1c2cc(Cn3cc[n+](C)c3)cc1Cc1cc(Cn3cc[n+](C)c3)cc(c1OCCC)Cc1cc(Cn3cc[n+](C)c3)cc(c1OCCCCCCCC)Cc1cc(Cn3cc[n+](C)c3)cc(c1OCCC)C2.[Cl-].[Cl-].[Cl-].[Cl-]. The fourth-order valence-corrected chi connectivity index (χ4v) is 12.0. The van der Waals surface area contributed by atoms with E-state index in [1.165, 1.54) is 118 Å². The average molecular weight is 1260 g/mol. The van der Waals surface area contributed by atoms with Crippen molar-refractivity contribution in [1.82, 2.24) is 18.3 Å². The maximum absolute atomic E-state index is 7.33. The first kappa shape index (κ1) is 70.8. The molecule has 12 nitrogen and oxygen atoms in total. The molecule has 8 aromatic rings. The lowest BCUT2D eigenvalue weighted by molar-refractivity contribution is -0.671. The van der Waals surface area contributed by atoms with Crippen molar-refractivity contribution in [2.45, 2.75) is 169 Å². The lowest BCUT2D eigenvalue weighted by Gasteiger charge is -2.25. The van der Waals surface area contributed by atoms with E-state index in [4.69, 9.17) is 18.9 Å². The standard InChI is InChI=1S/C70H96N8O4.4ClH/c1-9-13-15-17-19-21-33-81-69-63-39-57(49-77-29-25-73(7)53-77)40-64(69)44-60-36-56(48-76-28-24-72(6)52-76)38-62(68(60)80-32-12-4)46-66-42-58(50-78-30-26-74(8)54-78)41-65(70(66)82-34-22-20-18-16-14-10-2)45-61-37-55(47-75-27-23-71(5)51-75)35-59(43-63)67(61)79-31-11-3;;;;/h23-30,35-42,51-54H,9-22,31-34,43-50H2,1-8H3;4*1H/q+4;;;;/p-4. The third kappa shape index (κ3) is 20.1. The van der Waals surface area contributed by atoms with Crippen LogP contribution in [0.25, 0.3) is 0 Å². The number of hydrogen-bond donors (Lipinski definition) is 0. The molecule has 1 aliphatic rings. The summed E-state index contributed by atoms with van der Waals surface area (Å²) in [4.78, 5) is 0. The Morgan fingerprint density at radius 3 is 0.733 bits per heavy atom. The zero-order chi connectivity index (χ0) is 57.2. The second kappa shape index (κ2) is 35.8. The van der Waals surface area contributed by atoms with Crippen molar-refractivity contribution in [3.05, 3.63) is 190 Å². The van der Waals surface area contributed by atoms with Crippen LogP contribution in [0.1, 0.15) is 184 Å². The summed E-state index contributed by atoms with van der Waals surface area (Å²) < 4.78 is 46.6. The molecular weight excluding hydrogens is 1160 g/mol. The van der Waals surface area contributed by atoms with E-state index in [1.807, 2.05) is 0 Å². The molecule has 0 spiro atoms. The van der Waals surface area contributed by atoms with Gasteiger partial charge in [-0.1, -0.05) is 91.9 Å². The predicted molar refractivity (Wildman–Crippen MR) is 325 cm³/mol. The van der Waals surface area contributed by atoms with Gasteiger partial charge in [0.15, 0.2) is 0 Å². The average Bonchev–Trinajstić information content (AvgIpc) is 1.71. The lowest BCUT2D eigenvalue weighted by atomic mass is 9.88. The topological polar surface area (TPSA) is 72.2 Å². The molecule has 9 rings (SSSR count). The summed E-state index contributed by atoms with van der Waals surface area (Å²) in [6.45, 7) is 14.4. The molecule has 4 aromatic heterocycles. The molecule has 0 N–H and O–H groups in total. The van der Waals surface area contributed by atoms with Gasteiger partial charge in [0.1, 0.15) is 98.8 Å². The third-order valence-electron chi connectivity index (χ3n) is 15.9. The molecule has 1 aliphatic carbocycles. The van der Waals surface area contributed by atoms with Crippen LogP contribution in [0.3, 0.4) is 0 Å². The minimum Gasteiger partial charge on any atom is -1.00 e. The summed E-state index contributed by atoms with van der Waals surface area (Å²) in [6.07, 6.45) is 44.6. The molecule has 0 radical (unpaired) electrons. The highest BCUT2D eigenvalue weighted by molar-refractivity contribution is 5.59. The third-order valence-corrected chi connectivity index (χ3v) is 15.9. The van der Waals surface area contributed by atoms with Crippen molar-refractivity contribution in [2.75, 3.05) is 26.4 Å². The second-order valence-corrected chi connectivity index (χ2v) is 23.6. The molecular formula is C70H96Cl4N8O4. The molecule has 4 heterocycles. The van der Waals surface area contributed by atoms with Gasteiger partial charge in [0.25, 0.3) is 0 Å². The van der Waals surface area contributed by atoms with Crippen LogP contribution < -0.4 is 86.8 Å². The van der Waals surface area contributed by atoms with Crippen molar-refractivity contribution in [1.29, 1.82) is 0 Å². The monoisotopic (exact) mass is 1250 g/mol. The normalized spacial score (nSPS) is 11.7. The number of nitrogens with zero attached hydrogens (tertiary/aromatic N) is 8. The van der Waals surface area contributed by atoms with Gasteiger partial charge < -0.3 is 68.6 Å². The highest BCUT2D eigenvalue weighted by Gasteiger charge is 2.26. The van der Waals surface area contributed by atoms with Crippen LogP contribution in [0, 0.1) is 0 Å². The Morgan fingerprint density at radius 2 is 0.523 bits per heavy atom. The second-order valence-electron chi connectivity index (χ2n) is 23.6. The number of unbranched alkanes of at least 4 members (excludes halogenated alkanes) is 10. The number of hydrogen-bond acceptors (Lipinski definition) is 4. The number of aromatic nitrogens is 8. The summed E-state index contributed by atoms with van der Waals surface area (Å²) in [5.41, 5.74) is 14.3. The molecule has 8 bridgehead atoms. The minimum atomic E-state index is 0. The largest absolute Gasteiger partial charge is 1.00 e. The molecule has 0 saturated heterocycles. The molecule has 16 heteroatoms. The Balaban J connectivity index is 0.00000337. The van der Waals surface area contributed by atoms with Gasteiger partial charge in [0.05, 0.1) is 54.6 Å². The number of imidazole rings is 4. The number of rotatable bonds is 30. The lowest BCUT2D eigenvalue weighted by Crippen LogP contribution is -3.00. The maximum atomic E-state index is 7.33. The van der Waals surface area contributed by atoms with Crippen LogP contribution in [-0.2, 0) is 80.1 Å². The first-order valence-electron chi connectivity index (χ1n) is 31.2. The Hall–Kier alpha value is -5.92. The molecule has 0 amide bonds. The molecule has 0 aliphatic heterocycles. The summed E-state index contributed by atoms with van der Waals surface area (Å²) in [5.74, 6) is 3.91. The summed E-state index contributed by atoms with van der Waals surface area (Å²) in [7, 11) is 8.38. The van der Waals surface area contributed by atoms with E-state index in [-0.39, 0.29) is 49.6 Å². The fourth-order valence-electron chi connectivity index (χ4n) is 12.0. The summed E-state index contributed by atoms with van der Waals surface area (Å²) >= 11 is 0. The predicted octanol–water partition coefficient (Wildman–Crippen LogP) is 0.133. The van der Waals surface area contributed by atoms with E-state index in [2.05, 4.69) is 216 Å². The van der Waals surface area contributed by atoms with Gasteiger partial charge in [-0.2, -0.15) is 0 Å². The van der Waals surface area contributed by atoms with Crippen molar-refractivity contribution in [2.24, 2.45) is 28.2 Å². The van der Waals surface area contributed by atoms with E-state index >= 15 is 0 Å². The molecule has 0 unspecified atom stereocenters. The number of halogens is 4. The molecule has 0 saturated carbocycles. The first-order chi connectivity index (χ1) is 40.0. The van der Waals surface area contributed by atoms with Crippen molar-refractivity contribution < 1.29 is 86.8 Å². The molecule has 86 heavy (non-hydrogen) atoms. The first-order valence-corrected chi connectivity index (χ1v) is 31.2. The smallest absolute Gasteiger partial charge is 0.243 e. The van der Waals surface area contributed by atoms with Gasteiger partial charge in [0.2, 0.25) is 25.3 Å². The summed E-state index contributed by atoms with van der Waals surface area (Å²) in [5, 5.41) is 0. The van der Waals surface area contributed by atoms with Gasteiger partial charge in [-0.3, -0.25) is 0 Å². The quantitative estimate of drug-likeness (QED) is 0.0475. The number of ether oxygens (including phenoxy) is 4. The van der Waals surface area contributed by atoms with Gasteiger partial charge in [-0.05, 0) is 141 Å². The Bertz CT molecular complexity index is 3010. The van der Waals surface area contributed by atoms with Crippen molar-refractivity contribution in [3.63, 3.8) is 0 Å². The van der Waals surface area contributed by atoms with E-state index in [1.54, 1.807) is 0 Å². The van der Waals surface area contributed by atoms with Gasteiger partial charge in [-0.15, -0.1) is 0 Å². The molecule has 0 atom stereocenters. The van der Waals surface area contributed by atoms with Crippen LogP contribution in [0.15, 0.2) is 123 Å². The van der Waals surface area contributed by atoms with Gasteiger partial charge in [0, 0.05) is 25.7 Å². The van der Waals surface area contributed by atoms with E-state index in [9.17, 15) is 0 Å². The fraction of sp³-hybridized carbons (Fsp3) is 0.486. The van der Waals surface area contributed by atoms with E-state index in [0.29, 0.717) is 52.1 Å². The van der Waals surface area contributed by atoms with Gasteiger partial charge >= 0.3 is 0 Å². The van der Waals surface area contributed by atoms with E-state index in [0.717, 1.165) is 87.7 Å². The van der Waals surface area contributed by atoms with Crippen molar-refractivity contribution in [3.8, 4) is 23.0 Å². The van der Waals surface area contributed by atoms with Gasteiger partial charge in [-0.25, -0.2) is 36.5 Å². The van der Waals surface area contributed by atoms with E-state index < -0.39 is 0 Å². The Kier molecular flexibility index (Phi) is 29.5. The van der Waals surface area contributed by atoms with Crippen molar-refractivity contribution >= 4 is 0 Å². The van der Waals surface area contributed by atoms with Crippen LogP contribution >= 0.6 is 0 Å². The highest BCUT2D eigenvalue weighted by Crippen LogP contribution is 2.42. The maximum Gasteiger partial charge on any atom is 0.243 e. The highest BCUT2D eigenvalue weighted by atomic mass is 35.5. The number of benzene rings is 4. The Labute approximate surface area is 539 Å². The Morgan fingerprint density at radius 1 is 0.302 bits per heavy atom. The molecule has 0 fully saturated rings.